The Labute approximate surface area is 111 Å². The van der Waals surface area contributed by atoms with Gasteiger partial charge in [-0.2, -0.15) is 16.9 Å². The Hall–Kier alpha value is -1.01. The van der Waals surface area contributed by atoms with Crippen LogP contribution >= 0.6 is 11.8 Å². The number of H-pyrrole nitrogens is 1. The number of aromatic nitrogens is 2. The van der Waals surface area contributed by atoms with Crippen molar-refractivity contribution < 1.29 is 4.79 Å². The lowest BCUT2D eigenvalue weighted by molar-refractivity contribution is -0.116. The predicted molar refractivity (Wildman–Crippen MR) is 74.9 cm³/mol. The molecular formula is C12H20N4OS. The van der Waals surface area contributed by atoms with Crippen LogP contribution in [0.15, 0.2) is 6.07 Å². The number of carbonyl (C=O) groups excluding carboxylic acids is 1. The molecule has 1 aliphatic heterocycles. The van der Waals surface area contributed by atoms with Crippen LogP contribution in [0.2, 0.25) is 0 Å². The van der Waals surface area contributed by atoms with Crippen molar-refractivity contribution in [3.05, 3.63) is 11.8 Å². The number of anilines is 1. The van der Waals surface area contributed by atoms with Crippen LogP contribution in [0.5, 0.6) is 0 Å². The lowest BCUT2D eigenvalue weighted by Gasteiger charge is -2.22. The second kappa shape index (κ2) is 6.80. The first kappa shape index (κ1) is 13.4. The molecule has 2 rings (SSSR count). The highest BCUT2D eigenvalue weighted by Crippen LogP contribution is 2.12. The summed E-state index contributed by atoms with van der Waals surface area (Å²) in [6.07, 6.45) is 2.55. The highest BCUT2D eigenvalue weighted by molar-refractivity contribution is 7.99. The van der Waals surface area contributed by atoms with E-state index in [1.165, 1.54) is 0 Å². The van der Waals surface area contributed by atoms with E-state index in [2.05, 4.69) is 27.8 Å². The van der Waals surface area contributed by atoms with Crippen LogP contribution in [-0.2, 0) is 11.2 Å². The lowest BCUT2D eigenvalue weighted by Crippen LogP contribution is -2.39. The highest BCUT2D eigenvalue weighted by atomic mass is 32.2. The Morgan fingerprint density at radius 1 is 1.67 bits per heavy atom. The molecule has 18 heavy (non-hydrogen) atoms. The predicted octanol–water partition coefficient (Wildman–Crippen LogP) is 1.40. The number of rotatable bonds is 5. The zero-order valence-corrected chi connectivity index (χ0v) is 11.5. The van der Waals surface area contributed by atoms with Gasteiger partial charge in [0.1, 0.15) is 0 Å². The first-order chi connectivity index (χ1) is 8.78. The Morgan fingerprint density at radius 3 is 3.28 bits per heavy atom. The van der Waals surface area contributed by atoms with Crippen LogP contribution in [-0.4, -0.2) is 40.2 Å². The van der Waals surface area contributed by atoms with Gasteiger partial charge in [-0.25, -0.2) is 0 Å². The monoisotopic (exact) mass is 268 g/mol. The molecule has 0 saturated carbocycles. The topological polar surface area (TPSA) is 69.8 Å². The summed E-state index contributed by atoms with van der Waals surface area (Å²) < 4.78 is 0. The molecule has 1 unspecified atom stereocenters. The summed E-state index contributed by atoms with van der Waals surface area (Å²) >= 11 is 1.90. The molecule has 6 heteroatoms. The third-order valence-electron chi connectivity index (χ3n) is 2.85. The van der Waals surface area contributed by atoms with Crippen LogP contribution in [0, 0.1) is 0 Å². The van der Waals surface area contributed by atoms with Gasteiger partial charge >= 0.3 is 0 Å². The quantitative estimate of drug-likeness (QED) is 0.755. The molecule has 0 radical (unpaired) electrons. The first-order valence-corrected chi connectivity index (χ1v) is 7.58. The van der Waals surface area contributed by atoms with E-state index in [9.17, 15) is 4.79 Å². The number of hydrogen-bond acceptors (Lipinski definition) is 4. The van der Waals surface area contributed by atoms with Gasteiger partial charge in [0.25, 0.3) is 0 Å². The fourth-order valence-corrected chi connectivity index (χ4v) is 2.94. The average molecular weight is 268 g/mol. The molecule has 0 bridgehead atoms. The van der Waals surface area contributed by atoms with Crippen LogP contribution in [0.4, 0.5) is 5.82 Å². The molecule has 2 heterocycles. The summed E-state index contributed by atoms with van der Waals surface area (Å²) in [5, 5.41) is 13.2. The van der Waals surface area contributed by atoms with Gasteiger partial charge in [0.05, 0.1) is 0 Å². The molecule has 1 saturated heterocycles. The number of carbonyl (C=O) groups is 1. The minimum Gasteiger partial charge on any atom is -0.312 e. The summed E-state index contributed by atoms with van der Waals surface area (Å²) in [4.78, 5) is 11.8. The molecular weight excluding hydrogens is 248 g/mol. The molecule has 1 aliphatic rings. The van der Waals surface area contributed by atoms with E-state index >= 15 is 0 Å². The van der Waals surface area contributed by atoms with Crippen molar-refractivity contribution in [2.24, 2.45) is 0 Å². The van der Waals surface area contributed by atoms with Crippen molar-refractivity contribution in [2.75, 3.05) is 23.4 Å². The third kappa shape index (κ3) is 4.03. The number of hydrogen-bond donors (Lipinski definition) is 3. The van der Waals surface area contributed by atoms with Crippen LogP contribution in [0.25, 0.3) is 0 Å². The van der Waals surface area contributed by atoms with Crippen LogP contribution < -0.4 is 10.6 Å². The van der Waals surface area contributed by atoms with E-state index < -0.39 is 0 Å². The van der Waals surface area contributed by atoms with Gasteiger partial charge in [0.15, 0.2) is 5.82 Å². The normalized spacial score (nSPS) is 19.7. The van der Waals surface area contributed by atoms with Gasteiger partial charge in [-0.1, -0.05) is 13.3 Å². The molecule has 1 amide bonds. The molecule has 3 N–H and O–H groups in total. The number of nitrogens with zero attached hydrogens (tertiary/aromatic N) is 1. The molecule has 1 aromatic heterocycles. The fourth-order valence-electron chi connectivity index (χ4n) is 1.99. The van der Waals surface area contributed by atoms with Crippen molar-refractivity contribution in [1.29, 1.82) is 0 Å². The van der Waals surface area contributed by atoms with E-state index in [4.69, 9.17) is 0 Å². The number of nitrogens with one attached hydrogen (secondary N) is 3. The van der Waals surface area contributed by atoms with E-state index in [0.717, 1.165) is 36.6 Å². The van der Waals surface area contributed by atoms with Crippen molar-refractivity contribution >= 4 is 23.5 Å². The maximum Gasteiger partial charge on any atom is 0.227 e. The van der Waals surface area contributed by atoms with Gasteiger partial charge in [-0.15, -0.1) is 0 Å². The summed E-state index contributed by atoms with van der Waals surface area (Å²) in [6.45, 7) is 3.11. The number of aromatic amines is 1. The smallest absolute Gasteiger partial charge is 0.227 e. The van der Waals surface area contributed by atoms with Crippen molar-refractivity contribution in [2.45, 2.75) is 32.2 Å². The first-order valence-electron chi connectivity index (χ1n) is 6.43. The minimum absolute atomic E-state index is 0.0320. The van der Waals surface area contributed by atoms with Gasteiger partial charge in [-0.3, -0.25) is 9.89 Å². The Balaban J connectivity index is 1.78. The van der Waals surface area contributed by atoms with E-state index in [0.29, 0.717) is 12.2 Å². The molecule has 0 spiro atoms. The fraction of sp³-hybridized carbons (Fsp3) is 0.667. The van der Waals surface area contributed by atoms with Crippen LogP contribution in [0.3, 0.4) is 0 Å². The van der Waals surface area contributed by atoms with Crippen LogP contribution in [0.1, 0.15) is 25.5 Å². The molecule has 5 nitrogen and oxygen atoms in total. The number of amides is 1. The standard InChI is InChI=1S/C12H20N4OS/c1-2-3-9-6-11(16-15-9)14-12(17)7-10-8-18-5-4-13-10/h6,10,13H,2-5,7-8H2,1H3,(H2,14,15,16,17). The molecule has 0 aromatic carbocycles. The largest absolute Gasteiger partial charge is 0.312 e. The third-order valence-corrected chi connectivity index (χ3v) is 3.98. The Bertz CT molecular complexity index is 387. The maximum atomic E-state index is 11.8. The van der Waals surface area contributed by atoms with Gasteiger partial charge in [0, 0.05) is 42.3 Å². The van der Waals surface area contributed by atoms with Crippen molar-refractivity contribution in [1.82, 2.24) is 15.5 Å². The molecule has 100 valence electrons. The molecule has 0 aliphatic carbocycles. The highest BCUT2D eigenvalue weighted by Gasteiger charge is 2.17. The van der Waals surface area contributed by atoms with E-state index in [1.54, 1.807) is 0 Å². The Kier molecular flexibility index (Phi) is 5.07. The maximum absolute atomic E-state index is 11.8. The number of aryl methyl sites for hydroxylation is 1. The van der Waals surface area contributed by atoms with Gasteiger partial charge in [0.2, 0.25) is 5.91 Å². The molecule has 1 atom stereocenters. The zero-order valence-electron chi connectivity index (χ0n) is 10.7. The average Bonchev–Trinajstić information content (AvgIpc) is 2.78. The lowest BCUT2D eigenvalue weighted by atomic mass is 10.2. The van der Waals surface area contributed by atoms with E-state index in [1.807, 2.05) is 17.8 Å². The zero-order chi connectivity index (χ0) is 12.8. The second-order valence-corrected chi connectivity index (χ2v) is 5.66. The van der Waals surface area contributed by atoms with Crippen molar-refractivity contribution in [3.63, 3.8) is 0 Å². The SMILES string of the molecule is CCCc1cc(NC(=O)CC2CSCCN2)n[nH]1. The second-order valence-electron chi connectivity index (χ2n) is 4.51. The molecule has 1 fully saturated rings. The Morgan fingerprint density at radius 2 is 2.56 bits per heavy atom. The number of thioether (sulfide) groups is 1. The van der Waals surface area contributed by atoms with Gasteiger partial charge < -0.3 is 10.6 Å². The van der Waals surface area contributed by atoms with Gasteiger partial charge in [-0.05, 0) is 6.42 Å². The summed E-state index contributed by atoms with van der Waals surface area (Å²) in [6, 6.07) is 2.20. The summed E-state index contributed by atoms with van der Waals surface area (Å²) in [5.74, 6) is 2.81. The summed E-state index contributed by atoms with van der Waals surface area (Å²) in [7, 11) is 0. The minimum atomic E-state index is 0.0320. The van der Waals surface area contributed by atoms with Crippen molar-refractivity contribution in [3.8, 4) is 0 Å². The van der Waals surface area contributed by atoms with E-state index in [-0.39, 0.29) is 11.9 Å². The molecule has 1 aromatic rings. The summed E-state index contributed by atoms with van der Waals surface area (Å²) in [5.41, 5.74) is 1.07.